The van der Waals surface area contributed by atoms with Crippen molar-refractivity contribution in [3.63, 3.8) is 0 Å². The second-order valence-corrected chi connectivity index (χ2v) is 6.06. The zero-order valence-corrected chi connectivity index (χ0v) is 13.4. The molecule has 0 radical (unpaired) electrons. The van der Waals surface area contributed by atoms with Crippen molar-refractivity contribution < 1.29 is 15.0 Å². The number of aliphatic hydroxyl groups is 1. The zero-order valence-electron chi connectivity index (χ0n) is 13.4. The Labute approximate surface area is 128 Å². The lowest BCUT2D eigenvalue weighted by molar-refractivity contribution is -0.137. The molecule has 21 heavy (non-hydrogen) atoms. The normalized spacial score (nSPS) is 13.9. The smallest absolute Gasteiger partial charge is 0.303 e. The van der Waals surface area contributed by atoms with Crippen molar-refractivity contribution in [2.24, 2.45) is 5.92 Å². The van der Waals surface area contributed by atoms with Crippen molar-refractivity contribution >= 4 is 5.97 Å². The highest BCUT2D eigenvalue weighted by Crippen LogP contribution is 2.27. The van der Waals surface area contributed by atoms with Gasteiger partial charge < -0.3 is 10.2 Å². The summed E-state index contributed by atoms with van der Waals surface area (Å²) in [6, 6.07) is 6.09. The van der Waals surface area contributed by atoms with Crippen LogP contribution < -0.4 is 0 Å². The summed E-state index contributed by atoms with van der Waals surface area (Å²) in [7, 11) is 0. The van der Waals surface area contributed by atoms with Gasteiger partial charge in [0, 0.05) is 6.42 Å². The quantitative estimate of drug-likeness (QED) is 0.715. The van der Waals surface area contributed by atoms with Gasteiger partial charge in [0.05, 0.1) is 6.10 Å². The molecule has 0 fully saturated rings. The third-order valence-corrected chi connectivity index (χ3v) is 4.13. The average Bonchev–Trinajstić information content (AvgIpc) is 2.45. The summed E-state index contributed by atoms with van der Waals surface area (Å²) < 4.78 is 0. The van der Waals surface area contributed by atoms with E-state index in [0.717, 1.165) is 36.0 Å². The van der Waals surface area contributed by atoms with Gasteiger partial charge in [-0.25, -0.2) is 0 Å². The molecule has 0 aliphatic carbocycles. The van der Waals surface area contributed by atoms with Crippen LogP contribution in [0.2, 0.25) is 0 Å². The van der Waals surface area contributed by atoms with Crippen molar-refractivity contribution in [3.8, 4) is 0 Å². The number of carboxylic acids is 1. The van der Waals surface area contributed by atoms with Crippen LogP contribution in [0.4, 0.5) is 0 Å². The first-order chi connectivity index (χ1) is 9.93. The van der Waals surface area contributed by atoms with Gasteiger partial charge in [-0.3, -0.25) is 4.79 Å². The Morgan fingerprint density at radius 1 is 1.29 bits per heavy atom. The number of hydrogen-bond donors (Lipinski definition) is 2. The molecule has 3 nitrogen and oxygen atoms in total. The Kier molecular flexibility index (Phi) is 7.44. The molecule has 0 saturated carbocycles. The van der Waals surface area contributed by atoms with Gasteiger partial charge >= 0.3 is 5.97 Å². The van der Waals surface area contributed by atoms with Crippen LogP contribution in [-0.4, -0.2) is 16.2 Å². The summed E-state index contributed by atoms with van der Waals surface area (Å²) in [6.07, 6.45) is 3.97. The van der Waals surface area contributed by atoms with Crippen LogP contribution in [0.25, 0.3) is 0 Å². The highest BCUT2D eigenvalue weighted by molar-refractivity contribution is 5.66. The van der Waals surface area contributed by atoms with Crippen molar-refractivity contribution in [2.75, 3.05) is 0 Å². The van der Waals surface area contributed by atoms with E-state index in [-0.39, 0.29) is 6.42 Å². The Bertz CT molecular complexity index is 454. The lowest BCUT2D eigenvalue weighted by Crippen LogP contribution is -2.06. The second-order valence-electron chi connectivity index (χ2n) is 6.06. The maximum Gasteiger partial charge on any atom is 0.303 e. The topological polar surface area (TPSA) is 57.5 Å². The molecule has 0 bridgehead atoms. The molecule has 0 amide bonds. The minimum atomic E-state index is -0.763. The minimum Gasteiger partial charge on any atom is -0.481 e. The van der Waals surface area contributed by atoms with Gasteiger partial charge in [0.2, 0.25) is 0 Å². The van der Waals surface area contributed by atoms with E-state index in [9.17, 15) is 9.90 Å². The van der Waals surface area contributed by atoms with Crippen LogP contribution in [-0.2, 0) is 11.2 Å². The molecule has 2 N–H and O–H groups in total. The molecule has 2 atom stereocenters. The number of carbonyl (C=O) groups is 1. The Morgan fingerprint density at radius 2 is 2.00 bits per heavy atom. The second kappa shape index (κ2) is 8.83. The predicted molar refractivity (Wildman–Crippen MR) is 85.4 cm³/mol. The first-order valence-corrected chi connectivity index (χ1v) is 7.93. The van der Waals surface area contributed by atoms with Crippen LogP contribution in [0.15, 0.2) is 18.2 Å². The van der Waals surface area contributed by atoms with E-state index in [4.69, 9.17) is 5.11 Å². The van der Waals surface area contributed by atoms with Gasteiger partial charge in [0.15, 0.2) is 0 Å². The van der Waals surface area contributed by atoms with E-state index in [1.54, 1.807) is 0 Å². The van der Waals surface area contributed by atoms with Crippen LogP contribution >= 0.6 is 0 Å². The third-order valence-electron chi connectivity index (χ3n) is 4.13. The van der Waals surface area contributed by atoms with Crippen molar-refractivity contribution in [1.82, 2.24) is 0 Å². The van der Waals surface area contributed by atoms with E-state index in [0.29, 0.717) is 18.8 Å². The number of benzene rings is 1. The summed E-state index contributed by atoms with van der Waals surface area (Å²) >= 11 is 0. The maximum absolute atomic E-state index is 10.6. The Morgan fingerprint density at radius 3 is 2.62 bits per heavy atom. The maximum atomic E-state index is 10.6. The molecule has 0 saturated heterocycles. The molecule has 118 valence electrons. The zero-order chi connectivity index (χ0) is 15.8. The molecule has 1 rings (SSSR count). The van der Waals surface area contributed by atoms with E-state index >= 15 is 0 Å². The van der Waals surface area contributed by atoms with E-state index < -0.39 is 12.1 Å². The van der Waals surface area contributed by atoms with E-state index in [1.165, 1.54) is 0 Å². The molecule has 1 aromatic rings. The highest BCUT2D eigenvalue weighted by Gasteiger charge is 2.14. The molecule has 0 aliphatic rings. The summed E-state index contributed by atoms with van der Waals surface area (Å²) in [6.45, 7) is 6.39. The van der Waals surface area contributed by atoms with Crippen molar-refractivity contribution in [3.05, 3.63) is 34.9 Å². The van der Waals surface area contributed by atoms with Gasteiger partial charge in [0.1, 0.15) is 0 Å². The molecule has 1 aromatic carbocycles. The SMILES string of the molecule is CCC(C)CCC(O)c1cc(C)ccc1CCCC(=O)O. The fraction of sp³-hybridized carbons (Fsp3) is 0.611. The number of aliphatic carboxylic acids is 1. The molecule has 0 aromatic heterocycles. The number of aryl methyl sites for hydroxylation is 2. The van der Waals surface area contributed by atoms with Gasteiger partial charge in [0.25, 0.3) is 0 Å². The first-order valence-electron chi connectivity index (χ1n) is 7.93. The molecule has 3 heteroatoms. The van der Waals surface area contributed by atoms with Gasteiger partial charge in [-0.05, 0) is 49.7 Å². The van der Waals surface area contributed by atoms with Crippen LogP contribution in [0.3, 0.4) is 0 Å². The van der Waals surface area contributed by atoms with Crippen molar-refractivity contribution in [2.45, 2.75) is 65.4 Å². The summed E-state index contributed by atoms with van der Waals surface area (Å²) in [5.74, 6) is -0.138. The van der Waals surface area contributed by atoms with Crippen LogP contribution in [0.5, 0.6) is 0 Å². The minimum absolute atomic E-state index is 0.177. The van der Waals surface area contributed by atoms with Crippen LogP contribution in [0.1, 0.15) is 68.7 Å². The van der Waals surface area contributed by atoms with Crippen molar-refractivity contribution in [1.29, 1.82) is 0 Å². The van der Waals surface area contributed by atoms with Crippen LogP contribution in [0, 0.1) is 12.8 Å². The predicted octanol–water partition coefficient (Wildman–Crippen LogP) is 4.26. The molecular formula is C18H28O3. The van der Waals surface area contributed by atoms with Gasteiger partial charge in [-0.15, -0.1) is 0 Å². The lowest BCUT2D eigenvalue weighted by atomic mass is 9.91. The monoisotopic (exact) mass is 292 g/mol. The average molecular weight is 292 g/mol. The number of carboxylic acid groups (broad SMARTS) is 1. The largest absolute Gasteiger partial charge is 0.481 e. The fourth-order valence-electron chi connectivity index (χ4n) is 2.48. The Balaban J connectivity index is 2.73. The summed E-state index contributed by atoms with van der Waals surface area (Å²) in [5, 5.41) is 19.2. The molecular weight excluding hydrogens is 264 g/mol. The number of hydrogen-bond acceptors (Lipinski definition) is 2. The Hall–Kier alpha value is -1.35. The third kappa shape index (κ3) is 6.30. The molecule has 0 heterocycles. The summed E-state index contributed by atoms with van der Waals surface area (Å²) in [4.78, 5) is 10.6. The molecule has 0 spiro atoms. The highest BCUT2D eigenvalue weighted by atomic mass is 16.4. The van der Waals surface area contributed by atoms with Gasteiger partial charge in [-0.2, -0.15) is 0 Å². The van der Waals surface area contributed by atoms with E-state index in [1.807, 2.05) is 25.1 Å². The summed E-state index contributed by atoms with van der Waals surface area (Å²) in [5.41, 5.74) is 3.19. The number of rotatable bonds is 9. The molecule has 2 unspecified atom stereocenters. The first kappa shape index (κ1) is 17.7. The lowest BCUT2D eigenvalue weighted by Gasteiger charge is -2.18. The fourth-order valence-corrected chi connectivity index (χ4v) is 2.48. The standard InChI is InChI=1S/C18H28O3/c1-4-13(2)9-11-17(19)16-12-14(3)8-10-15(16)6-5-7-18(20)21/h8,10,12-13,17,19H,4-7,9,11H2,1-3H3,(H,20,21). The van der Waals surface area contributed by atoms with E-state index in [2.05, 4.69) is 13.8 Å². The molecule has 0 aliphatic heterocycles. The number of aliphatic hydroxyl groups excluding tert-OH is 1. The van der Waals surface area contributed by atoms with Gasteiger partial charge in [-0.1, -0.05) is 44.0 Å².